The highest BCUT2D eigenvalue weighted by atomic mass is 79.9. The van der Waals surface area contributed by atoms with Gasteiger partial charge < -0.3 is 8.83 Å². The number of fused-ring (bicyclic) bond motifs is 1. The van der Waals surface area contributed by atoms with Crippen LogP contribution in [0.25, 0.3) is 11.2 Å². The van der Waals surface area contributed by atoms with E-state index in [0.717, 1.165) is 0 Å². The van der Waals surface area contributed by atoms with Crippen molar-refractivity contribution in [3.8, 4) is 0 Å². The van der Waals surface area contributed by atoms with Gasteiger partial charge in [0.15, 0.2) is 11.2 Å². The number of rotatable bonds is 0. The van der Waals surface area contributed by atoms with Gasteiger partial charge in [0, 0.05) is 18.3 Å². The molecule has 0 spiro atoms. The van der Waals surface area contributed by atoms with Gasteiger partial charge in [-0.3, -0.25) is 0 Å². The standard InChI is InChI=1S/C7H2BrFO2S/c8-4-1-3(9)2-5-6(4)11-7(12)10-5/h1-2H. The van der Waals surface area contributed by atoms with Crippen molar-refractivity contribution in [1.82, 2.24) is 0 Å². The van der Waals surface area contributed by atoms with E-state index in [1.807, 2.05) is 0 Å². The van der Waals surface area contributed by atoms with Crippen LogP contribution in [0.15, 0.2) is 25.4 Å². The van der Waals surface area contributed by atoms with Gasteiger partial charge in [-0.1, -0.05) is 0 Å². The molecule has 0 aliphatic carbocycles. The summed E-state index contributed by atoms with van der Waals surface area (Å²) in [6, 6.07) is 2.51. The van der Waals surface area contributed by atoms with Crippen molar-refractivity contribution >= 4 is 39.3 Å². The zero-order valence-electron chi connectivity index (χ0n) is 5.64. The Labute approximate surface area is 80.1 Å². The van der Waals surface area contributed by atoms with Crippen molar-refractivity contribution in [3.05, 3.63) is 27.3 Å². The predicted molar refractivity (Wildman–Crippen MR) is 47.0 cm³/mol. The molecule has 0 fully saturated rings. The van der Waals surface area contributed by atoms with Gasteiger partial charge in [-0.05, 0) is 22.0 Å². The molecule has 1 aromatic heterocycles. The first kappa shape index (κ1) is 7.94. The van der Waals surface area contributed by atoms with Crippen molar-refractivity contribution in [2.75, 3.05) is 0 Å². The van der Waals surface area contributed by atoms with Gasteiger partial charge in [-0.2, -0.15) is 0 Å². The number of hydrogen-bond acceptors (Lipinski definition) is 3. The first-order valence-electron chi connectivity index (χ1n) is 3.05. The van der Waals surface area contributed by atoms with E-state index in [0.29, 0.717) is 15.6 Å². The van der Waals surface area contributed by atoms with E-state index >= 15 is 0 Å². The molecular formula is C7H2BrFO2S. The van der Waals surface area contributed by atoms with Gasteiger partial charge in [0.2, 0.25) is 0 Å². The summed E-state index contributed by atoms with van der Waals surface area (Å²) in [4.78, 5) is -0.00343. The second-order valence-electron chi connectivity index (χ2n) is 2.17. The monoisotopic (exact) mass is 248 g/mol. The largest absolute Gasteiger partial charge is 0.413 e. The van der Waals surface area contributed by atoms with Crippen LogP contribution in [0.5, 0.6) is 0 Å². The summed E-state index contributed by atoms with van der Waals surface area (Å²) >= 11 is 7.76. The van der Waals surface area contributed by atoms with E-state index in [2.05, 4.69) is 28.1 Å². The molecule has 1 heterocycles. The van der Waals surface area contributed by atoms with Gasteiger partial charge in [-0.15, -0.1) is 0 Å². The molecule has 62 valence electrons. The molecule has 12 heavy (non-hydrogen) atoms. The van der Waals surface area contributed by atoms with Crippen molar-refractivity contribution in [2.45, 2.75) is 0 Å². The Kier molecular flexibility index (Phi) is 1.77. The second kappa shape index (κ2) is 2.67. The van der Waals surface area contributed by atoms with Crippen LogP contribution in [0, 0.1) is 10.7 Å². The van der Waals surface area contributed by atoms with Crippen molar-refractivity contribution in [2.24, 2.45) is 0 Å². The number of halogens is 2. The van der Waals surface area contributed by atoms with E-state index in [1.54, 1.807) is 0 Å². The van der Waals surface area contributed by atoms with Gasteiger partial charge in [0.25, 0.3) is 0 Å². The maximum Gasteiger partial charge on any atom is 0.363 e. The summed E-state index contributed by atoms with van der Waals surface area (Å²) in [5.74, 6) is -0.395. The first-order valence-corrected chi connectivity index (χ1v) is 4.25. The highest BCUT2D eigenvalue weighted by Gasteiger charge is 2.07. The van der Waals surface area contributed by atoms with Crippen LogP contribution in [-0.2, 0) is 0 Å². The van der Waals surface area contributed by atoms with E-state index in [9.17, 15) is 4.39 Å². The molecule has 0 amide bonds. The lowest BCUT2D eigenvalue weighted by Gasteiger charge is -1.89. The third kappa shape index (κ3) is 1.19. The minimum absolute atomic E-state index is 0.00343. The van der Waals surface area contributed by atoms with Crippen LogP contribution in [0.3, 0.4) is 0 Å². The van der Waals surface area contributed by atoms with Gasteiger partial charge in [-0.25, -0.2) is 4.39 Å². The smallest absolute Gasteiger partial charge is 0.363 e. The summed E-state index contributed by atoms with van der Waals surface area (Å²) in [7, 11) is 0. The van der Waals surface area contributed by atoms with Gasteiger partial charge >= 0.3 is 4.90 Å². The van der Waals surface area contributed by atoms with Crippen LogP contribution < -0.4 is 0 Å². The molecule has 0 bridgehead atoms. The molecule has 2 nitrogen and oxygen atoms in total. The van der Waals surface area contributed by atoms with Crippen LogP contribution in [-0.4, -0.2) is 0 Å². The lowest BCUT2D eigenvalue weighted by atomic mass is 10.3. The summed E-state index contributed by atoms with van der Waals surface area (Å²) in [5.41, 5.74) is 0.744. The molecule has 0 atom stereocenters. The minimum atomic E-state index is -0.395. The third-order valence-electron chi connectivity index (χ3n) is 1.35. The lowest BCUT2D eigenvalue weighted by Crippen LogP contribution is -1.73. The predicted octanol–water partition coefficient (Wildman–Crippen LogP) is 3.66. The average molecular weight is 249 g/mol. The van der Waals surface area contributed by atoms with Crippen LogP contribution in [0.2, 0.25) is 0 Å². The number of benzene rings is 1. The Balaban J connectivity index is 2.97. The zero-order chi connectivity index (χ0) is 8.72. The van der Waals surface area contributed by atoms with Crippen LogP contribution in [0.1, 0.15) is 0 Å². The molecule has 0 saturated carbocycles. The first-order chi connectivity index (χ1) is 5.66. The molecule has 0 unspecified atom stereocenters. The van der Waals surface area contributed by atoms with E-state index in [4.69, 9.17) is 8.83 Å². The Hall–Kier alpha value is -0.680. The summed E-state index contributed by atoms with van der Waals surface area (Å²) in [6.45, 7) is 0. The van der Waals surface area contributed by atoms with Gasteiger partial charge in [0.1, 0.15) is 5.82 Å². The second-order valence-corrected chi connectivity index (χ2v) is 3.36. The van der Waals surface area contributed by atoms with Crippen LogP contribution in [0.4, 0.5) is 4.39 Å². The van der Waals surface area contributed by atoms with Crippen molar-refractivity contribution in [3.63, 3.8) is 0 Å². The molecule has 0 radical (unpaired) electrons. The Morgan fingerprint density at radius 1 is 1.33 bits per heavy atom. The summed E-state index contributed by atoms with van der Waals surface area (Å²) in [6.07, 6.45) is 0. The molecule has 0 saturated heterocycles. The Morgan fingerprint density at radius 3 is 2.83 bits per heavy atom. The zero-order valence-corrected chi connectivity index (χ0v) is 8.04. The highest BCUT2D eigenvalue weighted by Crippen LogP contribution is 2.26. The molecule has 2 rings (SSSR count). The topological polar surface area (TPSA) is 26.3 Å². The number of hydrogen-bond donors (Lipinski definition) is 0. The van der Waals surface area contributed by atoms with E-state index < -0.39 is 5.82 Å². The third-order valence-corrected chi connectivity index (χ3v) is 2.11. The fourth-order valence-electron chi connectivity index (χ4n) is 0.906. The Morgan fingerprint density at radius 2 is 2.08 bits per heavy atom. The summed E-state index contributed by atoms with van der Waals surface area (Å²) in [5, 5.41) is 0. The fourth-order valence-corrected chi connectivity index (χ4v) is 1.57. The highest BCUT2D eigenvalue weighted by molar-refractivity contribution is 9.10. The van der Waals surface area contributed by atoms with Crippen molar-refractivity contribution in [1.29, 1.82) is 0 Å². The maximum absolute atomic E-state index is 12.7. The van der Waals surface area contributed by atoms with Crippen molar-refractivity contribution < 1.29 is 13.2 Å². The average Bonchev–Trinajstić information content (AvgIpc) is 2.29. The van der Waals surface area contributed by atoms with E-state index in [-0.39, 0.29) is 4.90 Å². The quantitative estimate of drug-likeness (QED) is 0.666. The molecule has 0 N–H and O–H groups in total. The maximum atomic E-state index is 12.7. The lowest BCUT2D eigenvalue weighted by molar-refractivity contribution is 0.443. The molecule has 0 aliphatic heterocycles. The fraction of sp³-hybridized carbons (Fsp3) is 0. The molecular weight excluding hydrogens is 247 g/mol. The van der Waals surface area contributed by atoms with Gasteiger partial charge in [0.05, 0.1) is 4.47 Å². The normalized spacial score (nSPS) is 10.8. The molecule has 5 heteroatoms. The molecule has 0 aliphatic rings. The molecule has 1 aromatic carbocycles. The van der Waals surface area contributed by atoms with Crippen LogP contribution >= 0.6 is 28.1 Å². The SMILES string of the molecule is Fc1cc(Br)c2oc(=S)oc2c1. The molecule has 2 aromatic rings. The summed E-state index contributed by atoms with van der Waals surface area (Å²) < 4.78 is 23.1. The van der Waals surface area contributed by atoms with E-state index in [1.165, 1.54) is 12.1 Å². The Bertz CT molecular complexity index is 488. The minimum Gasteiger partial charge on any atom is -0.413 e.